The first-order valence-electron chi connectivity index (χ1n) is 7.75. The number of rotatable bonds is 7. The van der Waals surface area contributed by atoms with Crippen LogP contribution in [0.4, 0.5) is 0 Å². The van der Waals surface area contributed by atoms with Gasteiger partial charge in [0, 0.05) is 5.56 Å². The third-order valence-corrected chi connectivity index (χ3v) is 3.77. The molecular weight excluding hydrogens is 304 g/mol. The number of Topliss-reactive ketones (excluding diaryl/α,β-unsaturated/α-hetero) is 1. The first kappa shape index (κ1) is 17.5. The minimum atomic E-state index is -0.692. The number of phenols is 1. The highest BCUT2D eigenvalue weighted by Gasteiger charge is 2.23. The molecule has 0 aliphatic carbocycles. The van der Waals surface area contributed by atoms with E-state index in [1.54, 1.807) is 42.5 Å². The molecule has 0 radical (unpaired) electrons. The minimum Gasteiger partial charge on any atom is -0.504 e. The molecule has 0 aromatic heterocycles. The van der Waals surface area contributed by atoms with Crippen LogP contribution in [0.15, 0.2) is 54.6 Å². The van der Waals surface area contributed by atoms with E-state index in [2.05, 4.69) is 0 Å². The zero-order chi connectivity index (χ0) is 17.5. The summed E-state index contributed by atoms with van der Waals surface area (Å²) in [5.74, 6) is -0.735. The second-order valence-corrected chi connectivity index (χ2v) is 5.36. The van der Waals surface area contributed by atoms with Crippen LogP contribution in [-0.2, 0) is 4.79 Å². The number of hydrogen-bond acceptors (Lipinski definition) is 4. The summed E-state index contributed by atoms with van der Waals surface area (Å²) in [6.07, 6.45) is 3.46. The number of carbonyl (C=O) groups excluding carboxylic acids is 2. The Morgan fingerprint density at radius 1 is 1.17 bits per heavy atom. The van der Waals surface area contributed by atoms with Gasteiger partial charge in [0.05, 0.1) is 13.0 Å². The number of ketones is 2. The lowest BCUT2D eigenvalue weighted by Crippen LogP contribution is -2.22. The van der Waals surface area contributed by atoms with Gasteiger partial charge in [-0.3, -0.25) is 9.59 Å². The molecule has 0 spiro atoms. The van der Waals surface area contributed by atoms with Crippen LogP contribution in [0.25, 0.3) is 6.08 Å². The number of aromatic hydroxyl groups is 1. The van der Waals surface area contributed by atoms with Gasteiger partial charge in [-0.15, -0.1) is 0 Å². The molecule has 0 saturated heterocycles. The first-order valence-corrected chi connectivity index (χ1v) is 7.75. The van der Waals surface area contributed by atoms with Gasteiger partial charge in [0.1, 0.15) is 0 Å². The lowest BCUT2D eigenvalue weighted by molar-refractivity contribution is -0.116. The third-order valence-electron chi connectivity index (χ3n) is 3.77. The summed E-state index contributed by atoms with van der Waals surface area (Å²) < 4.78 is 5.03. The maximum atomic E-state index is 12.5. The predicted octanol–water partition coefficient (Wildman–Crippen LogP) is 3.89. The highest BCUT2D eigenvalue weighted by molar-refractivity contribution is 6.14. The summed E-state index contributed by atoms with van der Waals surface area (Å²) in [7, 11) is 1.46. The molecule has 2 aromatic rings. The molecular formula is C20H20O4. The van der Waals surface area contributed by atoms with Crippen molar-refractivity contribution in [3.63, 3.8) is 0 Å². The molecule has 0 fully saturated rings. The molecule has 1 unspecified atom stereocenters. The number of benzene rings is 2. The highest BCUT2D eigenvalue weighted by atomic mass is 16.5. The van der Waals surface area contributed by atoms with Gasteiger partial charge >= 0.3 is 0 Å². The monoisotopic (exact) mass is 324 g/mol. The summed E-state index contributed by atoms with van der Waals surface area (Å²) in [6.45, 7) is 1.82. The van der Waals surface area contributed by atoms with Crippen molar-refractivity contribution >= 4 is 17.6 Å². The highest BCUT2D eigenvalue weighted by Crippen LogP contribution is 2.27. The second-order valence-electron chi connectivity index (χ2n) is 5.36. The fourth-order valence-corrected chi connectivity index (χ4v) is 2.41. The maximum Gasteiger partial charge on any atom is 0.173 e. The van der Waals surface area contributed by atoms with Gasteiger partial charge in [-0.2, -0.15) is 0 Å². The zero-order valence-electron chi connectivity index (χ0n) is 13.7. The van der Waals surface area contributed by atoms with E-state index in [9.17, 15) is 14.7 Å². The van der Waals surface area contributed by atoms with E-state index in [4.69, 9.17) is 4.74 Å². The fraction of sp³-hybridized carbons (Fsp3) is 0.200. The number of carbonyl (C=O) groups is 2. The number of methoxy groups -OCH3 is 1. The molecule has 0 aliphatic heterocycles. The molecule has 0 amide bonds. The summed E-state index contributed by atoms with van der Waals surface area (Å²) in [5.41, 5.74) is 1.25. The summed E-state index contributed by atoms with van der Waals surface area (Å²) in [5, 5.41) is 9.58. The van der Waals surface area contributed by atoms with Gasteiger partial charge in [-0.05, 0) is 30.2 Å². The number of ether oxygens (including phenoxy) is 1. The van der Waals surface area contributed by atoms with Crippen LogP contribution in [0.1, 0.15) is 29.3 Å². The standard InChI is InChI=1S/C20H20O4/c1-3-16(20(23)15-7-5-4-6-8-15)17(21)11-9-14-10-12-18(22)19(13-14)24-2/h4-13,16,22H,3H2,1-2H3. The normalized spacial score (nSPS) is 12.1. The van der Waals surface area contributed by atoms with Crippen molar-refractivity contribution in [1.82, 2.24) is 0 Å². The minimum absolute atomic E-state index is 0.0340. The summed E-state index contributed by atoms with van der Waals surface area (Å²) >= 11 is 0. The van der Waals surface area contributed by atoms with Crippen LogP contribution in [-0.4, -0.2) is 23.8 Å². The second kappa shape index (κ2) is 8.11. The van der Waals surface area contributed by atoms with Crippen molar-refractivity contribution in [3.8, 4) is 11.5 Å². The molecule has 0 aliphatic rings. The van der Waals surface area contributed by atoms with Crippen molar-refractivity contribution in [1.29, 1.82) is 0 Å². The van der Waals surface area contributed by atoms with Crippen LogP contribution >= 0.6 is 0 Å². The Bertz CT molecular complexity index is 747. The number of hydrogen-bond donors (Lipinski definition) is 1. The number of phenolic OH excluding ortho intramolecular Hbond substituents is 1. The Morgan fingerprint density at radius 2 is 1.88 bits per heavy atom. The van der Waals surface area contributed by atoms with Gasteiger partial charge in [-0.1, -0.05) is 49.4 Å². The van der Waals surface area contributed by atoms with E-state index in [0.717, 1.165) is 0 Å². The van der Waals surface area contributed by atoms with Crippen molar-refractivity contribution in [2.45, 2.75) is 13.3 Å². The third kappa shape index (κ3) is 4.10. The van der Waals surface area contributed by atoms with Crippen LogP contribution in [0, 0.1) is 5.92 Å². The Labute approximate surface area is 141 Å². The van der Waals surface area contributed by atoms with Crippen molar-refractivity contribution in [2.75, 3.05) is 7.11 Å². The average molecular weight is 324 g/mol. The summed E-state index contributed by atoms with van der Waals surface area (Å²) in [4.78, 5) is 24.9. The van der Waals surface area contributed by atoms with Crippen LogP contribution < -0.4 is 4.74 Å². The summed E-state index contributed by atoms with van der Waals surface area (Å²) in [6, 6.07) is 13.6. The Kier molecular flexibility index (Phi) is 5.90. The van der Waals surface area contributed by atoms with Crippen LogP contribution in [0.5, 0.6) is 11.5 Å². The first-order chi connectivity index (χ1) is 11.6. The van der Waals surface area contributed by atoms with E-state index < -0.39 is 5.92 Å². The van der Waals surface area contributed by atoms with Gasteiger partial charge in [0.15, 0.2) is 23.1 Å². The maximum absolute atomic E-state index is 12.5. The molecule has 4 heteroatoms. The van der Waals surface area contributed by atoms with Gasteiger partial charge in [0.25, 0.3) is 0 Å². The average Bonchev–Trinajstić information content (AvgIpc) is 2.62. The Balaban J connectivity index is 2.16. The van der Waals surface area contributed by atoms with E-state index >= 15 is 0 Å². The predicted molar refractivity (Wildman–Crippen MR) is 93.3 cm³/mol. The largest absolute Gasteiger partial charge is 0.504 e. The van der Waals surface area contributed by atoms with Crippen molar-refractivity contribution in [2.24, 2.45) is 5.92 Å². The molecule has 1 N–H and O–H groups in total. The van der Waals surface area contributed by atoms with Crippen LogP contribution in [0.3, 0.4) is 0 Å². The molecule has 4 nitrogen and oxygen atoms in total. The van der Waals surface area contributed by atoms with Gasteiger partial charge < -0.3 is 9.84 Å². The molecule has 24 heavy (non-hydrogen) atoms. The SMILES string of the molecule is CCC(C(=O)C=Cc1ccc(O)c(OC)c1)C(=O)c1ccccc1. The van der Waals surface area contributed by atoms with E-state index in [0.29, 0.717) is 23.3 Å². The quantitative estimate of drug-likeness (QED) is 0.477. The molecule has 2 aromatic carbocycles. The van der Waals surface area contributed by atoms with E-state index in [-0.39, 0.29) is 17.3 Å². The molecule has 0 heterocycles. The molecule has 1 atom stereocenters. The van der Waals surface area contributed by atoms with Gasteiger partial charge in [0.2, 0.25) is 0 Å². The Hall–Kier alpha value is -2.88. The van der Waals surface area contributed by atoms with E-state index in [1.807, 2.05) is 13.0 Å². The Morgan fingerprint density at radius 3 is 2.50 bits per heavy atom. The van der Waals surface area contributed by atoms with E-state index in [1.165, 1.54) is 19.3 Å². The molecule has 0 saturated carbocycles. The topological polar surface area (TPSA) is 63.6 Å². The molecule has 2 rings (SSSR count). The van der Waals surface area contributed by atoms with Crippen molar-refractivity contribution in [3.05, 3.63) is 65.7 Å². The zero-order valence-corrected chi connectivity index (χ0v) is 13.7. The fourth-order valence-electron chi connectivity index (χ4n) is 2.41. The lowest BCUT2D eigenvalue weighted by Gasteiger charge is -2.10. The lowest BCUT2D eigenvalue weighted by atomic mass is 9.91. The van der Waals surface area contributed by atoms with Gasteiger partial charge in [-0.25, -0.2) is 0 Å². The molecule has 0 bridgehead atoms. The number of allylic oxidation sites excluding steroid dienone is 1. The van der Waals surface area contributed by atoms with Crippen LogP contribution in [0.2, 0.25) is 0 Å². The van der Waals surface area contributed by atoms with Crippen molar-refractivity contribution < 1.29 is 19.4 Å². The molecule has 124 valence electrons. The smallest absolute Gasteiger partial charge is 0.173 e.